The van der Waals surface area contributed by atoms with E-state index in [1.54, 1.807) is 62.6 Å². The number of carbonyl (C=O) groups is 3. The first kappa shape index (κ1) is 25.4. The molecule has 0 fully saturated rings. The van der Waals surface area contributed by atoms with E-state index in [-0.39, 0.29) is 16.4 Å². The number of esters is 1. The van der Waals surface area contributed by atoms with Gasteiger partial charge < -0.3 is 20.1 Å². The zero-order valence-electron chi connectivity index (χ0n) is 19.3. The predicted octanol–water partition coefficient (Wildman–Crippen LogP) is 3.45. The summed E-state index contributed by atoms with van der Waals surface area (Å²) >= 11 is 0. The molecule has 0 unspecified atom stereocenters. The molecule has 10 heteroatoms. The molecule has 0 saturated carbocycles. The summed E-state index contributed by atoms with van der Waals surface area (Å²) in [5.41, 5.74) is 1.97. The molecular weight excluding hydrogens is 472 g/mol. The van der Waals surface area contributed by atoms with Crippen molar-refractivity contribution in [1.29, 1.82) is 0 Å². The van der Waals surface area contributed by atoms with Crippen molar-refractivity contribution in [3.8, 4) is 5.75 Å². The molecule has 0 bridgehead atoms. The molecular formula is C25H24N2O7S. The van der Waals surface area contributed by atoms with Crippen LogP contribution < -0.4 is 15.4 Å². The molecule has 0 aliphatic rings. The van der Waals surface area contributed by atoms with Crippen LogP contribution >= 0.6 is 0 Å². The minimum Gasteiger partial charge on any atom is -0.497 e. The number of aryl methyl sites for hydroxylation is 1. The largest absolute Gasteiger partial charge is 0.497 e. The van der Waals surface area contributed by atoms with Gasteiger partial charge in [0.25, 0.3) is 11.8 Å². The standard InChI is InChI=1S/C25H24N2O7S/c1-16-4-13-21(35(3,31)32)14-22(16)25(30)34-15-23(28)26-18-7-5-17(6-8-18)24(29)27-19-9-11-20(33-2)12-10-19/h4-14H,15H2,1-3H3,(H,26,28)(H,27,29). The smallest absolute Gasteiger partial charge is 0.338 e. The summed E-state index contributed by atoms with van der Waals surface area (Å²) in [6, 6.07) is 17.2. The van der Waals surface area contributed by atoms with Crippen LogP contribution in [0.5, 0.6) is 5.75 Å². The molecule has 0 aromatic heterocycles. The molecule has 0 radical (unpaired) electrons. The summed E-state index contributed by atoms with van der Waals surface area (Å²) in [5, 5.41) is 5.33. The molecule has 0 saturated heterocycles. The second kappa shape index (κ2) is 10.8. The van der Waals surface area contributed by atoms with E-state index in [4.69, 9.17) is 9.47 Å². The molecule has 9 nitrogen and oxygen atoms in total. The van der Waals surface area contributed by atoms with Gasteiger partial charge in [-0.25, -0.2) is 13.2 Å². The van der Waals surface area contributed by atoms with Crippen LogP contribution in [0.4, 0.5) is 11.4 Å². The van der Waals surface area contributed by atoms with Gasteiger partial charge in [-0.1, -0.05) is 6.07 Å². The van der Waals surface area contributed by atoms with Crippen molar-refractivity contribution in [1.82, 2.24) is 0 Å². The number of rotatable bonds is 8. The Labute approximate surface area is 203 Å². The number of methoxy groups -OCH3 is 1. The van der Waals surface area contributed by atoms with E-state index in [1.807, 2.05) is 0 Å². The van der Waals surface area contributed by atoms with Gasteiger partial charge in [0.2, 0.25) is 0 Å². The lowest BCUT2D eigenvalue weighted by atomic mass is 10.1. The van der Waals surface area contributed by atoms with Crippen molar-refractivity contribution >= 4 is 39.0 Å². The predicted molar refractivity (Wildman–Crippen MR) is 131 cm³/mol. The maximum Gasteiger partial charge on any atom is 0.338 e. The zero-order chi connectivity index (χ0) is 25.6. The Kier molecular flexibility index (Phi) is 7.87. The van der Waals surface area contributed by atoms with Crippen LogP contribution in [0.1, 0.15) is 26.3 Å². The lowest BCUT2D eigenvalue weighted by Gasteiger charge is -2.10. The Morgan fingerprint density at radius 3 is 2.06 bits per heavy atom. The highest BCUT2D eigenvalue weighted by Gasteiger charge is 2.17. The van der Waals surface area contributed by atoms with Crippen molar-refractivity contribution in [3.05, 3.63) is 83.4 Å². The quantitative estimate of drug-likeness (QED) is 0.457. The summed E-state index contributed by atoms with van der Waals surface area (Å²) in [4.78, 5) is 36.9. The summed E-state index contributed by atoms with van der Waals surface area (Å²) in [6.07, 6.45) is 1.04. The normalized spacial score (nSPS) is 10.8. The highest BCUT2D eigenvalue weighted by molar-refractivity contribution is 7.90. The maximum atomic E-state index is 12.4. The Balaban J connectivity index is 1.55. The molecule has 3 aromatic rings. The summed E-state index contributed by atoms with van der Waals surface area (Å²) < 4.78 is 33.6. The van der Waals surface area contributed by atoms with E-state index in [0.29, 0.717) is 28.3 Å². The van der Waals surface area contributed by atoms with Gasteiger partial charge in [0.15, 0.2) is 16.4 Å². The molecule has 0 spiro atoms. The summed E-state index contributed by atoms with van der Waals surface area (Å²) in [6.45, 7) is 1.07. The Hall–Kier alpha value is -4.18. The number of nitrogens with one attached hydrogen (secondary N) is 2. The molecule has 0 atom stereocenters. The molecule has 3 rings (SSSR count). The molecule has 3 aromatic carbocycles. The van der Waals surface area contributed by atoms with Gasteiger partial charge in [-0.3, -0.25) is 9.59 Å². The highest BCUT2D eigenvalue weighted by Crippen LogP contribution is 2.18. The number of benzene rings is 3. The first-order chi connectivity index (χ1) is 16.6. The van der Waals surface area contributed by atoms with Crippen LogP contribution in [0.3, 0.4) is 0 Å². The fourth-order valence-electron chi connectivity index (χ4n) is 3.04. The van der Waals surface area contributed by atoms with E-state index in [1.165, 1.54) is 18.2 Å². The lowest BCUT2D eigenvalue weighted by molar-refractivity contribution is -0.119. The lowest BCUT2D eigenvalue weighted by Crippen LogP contribution is -2.21. The first-order valence-electron chi connectivity index (χ1n) is 10.4. The maximum absolute atomic E-state index is 12.4. The van der Waals surface area contributed by atoms with E-state index >= 15 is 0 Å². The fourth-order valence-corrected chi connectivity index (χ4v) is 3.69. The highest BCUT2D eigenvalue weighted by atomic mass is 32.2. The van der Waals surface area contributed by atoms with E-state index in [0.717, 1.165) is 6.26 Å². The third-order valence-corrected chi connectivity index (χ3v) is 6.08. The third-order valence-electron chi connectivity index (χ3n) is 4.97. The first-order valence-corrected chi connectivity index (χ1v) is 12.3. The Morgan fingerprint density at radius 2 is 1.46 bits per heavy atom. The monoisotopic (exact) mass is 496 g/mol. The van der Waals surface area contributed by atoms with Crippen molar-refractivity contribution < 1.29 is 32.3 Å². The third kappa shape index (κ3) is 6.90. The van der Waals surface area contributed by atoms with Gasteiger partial charge in [-0.05, 0) is 73.2 Å². The average Bonchev–Trinajstić information content (AvgIpc) is 2.83. The molecule has 2 amide bonds. The van der Waals surface area contributed by atoms with E-state index in [2.05, 4.69) is 10.6 Å². The average molecular weight is 497 g/mol. The van der Waals surface area contributed by atoms with E-state index < -0.39 is 28.3 Å². The number of amides is 2. The van der Waals surface area contributed by atoms with Crippen LogP contribution in [0, 0.1) is 6.92 Å². The SMILES string of the molecule is COc1ccc(NC(=O)c2ccc(NC(=O)COC(=O)c3cc(S(C)(=O)=O)ccc3C)cc2)cc1. The number of sulfone groups is 1. The Bertz CT molecular complexity index is 1350. The topological polar surface area (TPSA) is 128 Å². The van der Waals surface area contributed by atoms with Crippen LogP contribution in [0.15, 0.2) is 71.6 Å². The van der Waals surface area contributed by atoms with Crippen molar-refractivity contribution in [2.75, 3.05) is 30.6 Å². The van der Waals surface area contributed by atoms with Crippen LogP contribution in [0.2, 0.25) is 0 Å². The van der Waals surface area contributed by atoms with Gasteiger partial charge in [0.1, 0.15) is 5.75 Å². The summed E-state index contributed by atoms with van der Waals surface area (Å²) in [7, 11) is -1.94. The van der Waals surface area contributed by atoms with Crippen molar-refractivity contribution in [2.45, 2.75) is 11.8 Å². The van der Waals surface area contributed by atoms with Gasteiger partial charge in [-0.15, -0.1) is 0 Å². The van der Waals surface area contributed by atoms with Crippen LogP contribution in [0.25, 0.3) is 0 Å². The minimum atomic E-state index is -3.50. The molecule has 182 valence electrons. The van der Waals surface area contributed by atoms with Gasteiger partial charge >= 0.3 is 5.97 Å². The molecule has 0 aliphatic carbocycles. The van der Waals surface area contributed by atoms with Crippen molar-refractivity contribution in [2.24, 2.45) is 0 Å². The number of ether oxygens (including phenoxy) is 2. The summed E-state index contributed by atoms with van der Waals surface area (Å²) in [5.74, 6) is -1.06. The number of anilines is 2. The van der Waals surface area contributed by atoms with Gasteiger partial charge in [0, 0.05) is 23.2 Å². The Morgan fingerprint density at radius 1 is 0.857 bits per heavy atom. The van der Waals surface area contributed by atoms with Crippen LogP contribution in [-0.4, -0.2) is 46.2 Å². The van der Waals surface area contributed by atoms with E-state index in [9.17, 15) is 22.8 Å². The number of hydrogen-bond donors (Lipinski definition) is 2. The van der Waals surface area contributed by atoms with Gasteiger partial charge in [-0.2, -0.15) is 0 Å². The number of carbonyl (C=O) groups excluding carboxylic acids is 3. The fraction of sp³-hybridized carbons (Fsp3) is 0.160. The number of hydrogen-bond acceptors (Lipinski definition) is 7. The van der Waals surface area contributed by atoms with Crippen LogP contribution in [-0.2, 0) is 19.4 Å². The van der Waals surface area contributed by atoms with Gasteiger partial charge in [0.05, 0.1) is 17.6 Å². The zero-order valence-corrected chi connectivity index (χ0v) is 20.1. The molecule has 0 aliphatic heterocycles. The second-order valence-electron chi connectivity index (χ2n) is 7.63. The van der Waals surface area contributed by atoms with Crippen molar-refractivity contribution in [3.63, 3.8) is 0 Å². The minimum absolute atomic E-state index is 0.0179. The molecule has 2 N–H and O–H groups in total. The second-order valence-corrected chi connectivity index (χ2v) is 9.65. The molecule has 35 heavy (non-hydrogen) atoms. The molecule has 0 heterocycles.